The summed E-state index contributed by atoms with van der Waals surface area (Å²) in [6.45, 7) is 3.55. The normalized spacial score (nSPS) is 11.6. The van der Waals surface area contributed by atoms with Crippen LogP contribution in [-0.4, -0.2) is 35.9 Å². The maximum absolute atomic E-state index is 13.7. The molecule has 2 aromatic rings. The van der Waals surface area contributed by atoms with Gasteiger partial charge >= 0.3 is 0 Å². The van der Waals surface area contributed by atoms with Gasteiger partial charge < -0.3 is 15.0 Å². The number of carbonyl (C=O) groups is 2. The minimum atomic E-state index is -0.758. The number of ether oxygens (including phenoxy) is 1. The van der Waals surface area contributed by atoms with Gasteiger partial charge in [0.25, 0.3) is 5.91 Å². The lowest BCUT2D eigenvalue weighted by molar-refractivity contribution is -0.142. The Balaban J connectivity index is 2.18. The van der Waals surface area contributed by atoms with Gasteiger partial charge in [0.1, 0.15) is 6.04 Å². The highest BCUT2D eigenvalue weighted by atomic mass is 35.5. The Morgan fingerprint density at radius 1 is 1.18 bits per heavy atom. The van der Waals surface area contributed by atoms with Crippen molar-refractivity contribution < 1.29 is 18.7 Å². The Morgan fingerprint density at radius 2 is 1.89 bits per heavy atom. The van der Waals surface area contributed by atoms with Gasteiger partial charge in [-0.2, -0.15) is 0 Å². The Labute approximate surface area is 173 Å². The van der Waals surface area contributed by atoms with Crippen molar-refractivity contribution in [2.75, 3.05) is 13.2 Å². The molecule has 2 rings (SSSR count). The van der Waals surface area contributed by atoms with Crippen molar-refractivity contribution in [3.05, 3.63) is 63.9 Å². The van der Waals surface area contributed by atoms with Crippen LogP contribution in [-0.2, 0) is 16.1 Å². The maximum atomic E-state index is 13.7. The van der Waals surface area contributed by atoms with E-state index in [0.29, 0.717) is 22.2 Å². The van der Waals surface area contributed by atoms with Crippen molar-refractivity contribution in [2.24, 2.45) is 0 Å². The van der Waals surface area contributed by atoms with Gasteiger partial charge in [-0.25, -0.2) is 4.39 Å². The third-order valence-corrected chi connectivity index (χ3v) is 4.78. The first-order valence-corrected chi connectivity index (χ1v) is 9.47. The summed E-state index contributed by atoms with van der Waals surface area (Å²) >= 11 is 12.0. The molecule has 28 heavy (non-hydrogen) atoms. The lowest BCUT2D eigenvalue weighted by Crippen LogP contribution is -2.49. The van der Waals surface area contributed by atoms with E-state index >= 15 is 0 Å². The van der Waals surface area contributed by atoms with E-state index < -0.39 is 24.4 Å². The second-order valence-electron chi connectivity index (χ2n) is 6.06. The number of para-hydroxylation sites is 1. The van der Waals surface area contributed by atoms with Crippen molar-refractivity contribution in [2.45, 2.75) is 26.4 Å². The van der Waals surface area contributed by atoms with Gasteiger partial charge in [0.05, 0.1) is 10.0 Å². The van der Waals surface area contributed by atoms with E-state index in [1.54, 1.807) is 38.1 Å². The van der Waals surface area contributed by atoms with Crippen LogP contribution in [0.5, 0.6) is 5.75 Å². The summed E-state index contributed by atoms with van der Waals surface area (Å²) in [6, 6.07) is 10.0. The molecule has 2 amide bonds. The predicted octanol–water partition coefficient (Wildman–Crippen LogP) is 4.06. The van der Waals surface area contributed by atoms with Crippen LogP contribution in [0.15, 0.2) is 42.5 Å². The Kier molecular flexibility index (Phi) is 8.08. The molecule has 0 saturated heterocycles. The molecule has 0 aromatic heterocycles. The first-order chi connectivity index (χ1) is 13.3. The highest BCUT2D eigenvalue weighted by Crippen LogP contribution is 2.24. The average molecular weight is 427 g/mol. The zero-order valence-electron chi connectivity index (χ0n) is 15.5. The van der Waals surface area contributed by atoms with Crippen LogP contribution in [0.25, 0.3) is 0 Å². The molecule has 1 unspecified atom stereocenters. The minimum Gasteiger partial charge on any atom is -0.481 e. The fraction of sp³-hybridized carbons (Fsp3) is 0.300. The van der Waals surface area contributed by atoms with Crippen LogP contribution < -0.4 is 10.1 Å². The van der Waals surface area contributed by atoms with E-state index in [1.165, 1.54) is 23.1 Å². The quantitative estimate of drug-likeness (QED) is 0.691. The number of nitrogens with one attached hydrogen (secondary N) is 1. The topological polar surface area (TPSA) is 58.6 Å². The SMILES string of the molecule is CCNC(=O)C(C)N(Cc1ccc(Cl)c(Cl)c1)C(=O)COc1ccccc1F. The van der Waals surface area contributed by atoms with Crippen LogP contribution in [0.3, 0.4) is 0 Å². The zero-order chi connectivity index (χ0) is 20.7. The van der Waals surface area contributed by atoms with E-state index in [2.05, 4.69) is 5.32 Å². The molecule has 8 heteroatoms. The minimum absolute atomic E-state index is 0.0315. The Hall–Kier alpha value is -2.31. The fourth-order valence-electron chi connectivity index (χ4n) is 2.52. The molecule has 0 aliphatic rings. The summed E-state index contributed by atoms with van der Waals surface area (Å²) in [4.78, 5) is 26.4. The van der Waals surface area contributed by atoms with Crippen molar-refractivity contribution in [3.8, 4) is 5.75 Å². The molecule has 0 spiro atoms. The summed E-state index contributed by atoms with van der Waals surface area (Å²) in [7, 11) is 0. The van der Waals surface area contributed by atoms with E-state index in [0.717, 1.165) is 0 Å². The third-order valence-electron chi connectivity index (χ3n) is 4.04. The van der Waals surface area contributed by atoms with E-state index in [9.17, 15) is 14.0 Å². The number of rotatable bonds is 8. The van der Waals surface area contributed by atoms with Crippen molar-refractivity contribution in [3.63, 3.8) is 0 Å². The number of benzene rings is 2. The lowest BCUT2D eigenvalue weighted by Gasteiger charge is -2.28. The van der Waals surface area contributed by atoms with Gasteiger partial charge in [-0.15, -0.1) is 0 Å². The summed E-state index contributed by atoms with van der Waals surface area (Å²) in [5, 5.41) is 3.43. The number of likely N-dealkylation sites (N-methyl/N-ethyl adjacent to an activating group) is 1. The van der Waals surface area contributed by atoms with Crippen LogP contribution in [0.1, 0.15) is 19.4 Å². The Morgan fingerprint density at radius 3 is 2.54 bits per heavy atom. The second-order valence-corrected chi connectivity index (χ2v) is 6.87. The van der Waals surface area contributed by atoms with E-state index in [1.807, 2.05) is 0 Å². The number of carbonyl (C=O) groups excluding carboxylic acids is 2. The molecule has 2 aromatic carbocycles. The van der Waals surface area contributed by atoms with Crippen LogP contribution in [0.2, 0.25) is 10.0 Å². The molecule has 0 bridgehead atoms. The molecular formula is C20H21Cl2FN2O3. The van der Waals surface area contributed by atoms with Crippen molar-refractivity contribution in [1.29, 1.82) is 0 Å². The van der Waals surface area contributed by atoms with Crippen molar-refractivity contribution in [1.82, 2.24) is 10.2 Å². The number of hydrogen-bond donors (Lipinski definition) is 1. The number of halogens is 3. The second kappa shape index (κ2) is 10.3. The van der Waals surface area contributed by atoms with E-state index in [4.69, 9.17) is 27.9 Å². The van der Waals surface area contributed by atoms with Crippen LogP contribution in [0, 0.1) is 5.82 Å². The highest BCUT2D eigenvalue weighted by Gasteiger charge is 2.26. The molecule has 150 valence electrons. The van der Waals surface area contributed by atoms with Crippen LogP contribution in [0.4, 0.5) is 4.39 Å². The Bertz CT molecular complexity index is 848. The summed E-state index contributed by atoms with van der Waals surface area (Å²) in [5.74, 6) is -1.37. The molecule has 0 fully saturated rings. The number of hydrogen-bond acceptors (Lipinski definition) is 3. The molecule has 5 nitrogen and oxygen atoms in total. The first kappa shape index (κ1) is 22.0. The van der Waals surface area contributed by atoms with Gasteiger partial charge in [-0.1, -0.05) is 41.4 Å². The molecule has 0 heterocycles. The number of nitrogens with zero attached hydrogens (tertiary/aromatic N) is 1. The highest BCUT2D eigenvalue weighted by molar-refractivity contribution is 6.42. The van der Waals surface area contributed by atoms with Crippen molar-refractivity contribution >= 4 is 35.0 Å². The number of amides is 2. The molecule has 0 aliphatic heterocycles. The van der Waals surface area contributed by atoms with Crippen LogP contribution >= 0.6 is 23.2 Å². The molecule has 1 N–H and O–H groups in total. The third kappa shape index (κ3) is 5.84. The van der Waals surface area contributed by atoms with Gasteiger partial charge in [-0.3, -0.25) is 9.59 Å². The zero-order valence-corrected chi connectivity index (χ0v) is 17.1. The molecule has 1 atom stereocenters. The molecule has 0 saturated carbocycles. The predicted molar refractivity (Wildman–Crippen MR) is 107 cm³/mol. The average Bonchev–Trinajstić information content (AvgIpc) is 2.67. The molecule has 0 aliphatic carbocycles. The molecule has 0 radical (unpaired) electrons. The van der Waals surface area contributed by atoms with Gasteiger partial charge in [-0.05, 0) is 43.7 Å². The maximum Gasteiger partial charge on any atom is 0.261 e. The monoisotopic (exact) mass is 426 g/mol. The lowest BCUT2D eigenvalue weighted by atomic mass is 10.1. The summed E-state index contributed by atoms with van der Waals surface area (Å²) < 4.78 is 19.0. The first-order valence-electron chi connectivity index (χ1n) is 8.72. The van der Waals surface area contributed by atoms with E-state index in [-0.39, 0.29) is 18.2 Å². The summed E-state index contributed by atoms with van der Waals surface area (Å²) in [5.41, 5.74) is 0.699. The largest absolute Gasteiger partial charge is 0.481 e. The standard InChI is InChI=1S/C20H21Cl2FN2O3/c1-3-24-20(27)13(2)25(11-14-8-9-15(21)16(22)10-14)19(26)12-28-18-7-5-4-6-17(18)23/h4-10,13H,3,11-12H2,1-2H3,(H,24,27). The van der Waals surface area contributed by atoms with Gasteiger partial charge in [0, 0.05) is 13.1 Å². The van der Waals surface area contributed by atoms with Gasteiger partial charge in [0.15, 0.2) is 18.2 Å². The smallest absolute Gasteiger partial charge is 0.261 e. The molecular weight excluding hydrogens is 406 g/mol. The summed E-state index contributed by atoms with van der Waals surface area (Å²) in [6.07, 6.45) is 0. The van der Waals surface area contributed by atoms with Gasteiger partial charge in [0.2, 0.25) is 5.91 Å². The fourth-order valence-corrected chi connectivity index (χ4v) is 2.84.